The summed E-state index contributed by atoms with van der Waals surface area (Å²) in [7, 11) is -1.71. The summed E-state index contributed by atoms with van der Waals surface area (Å²) in [5, 5.41) is 0. The molecule has 0 radical (unpaired) electrons. The van der Waals surface area contributed by atoms with E-state index >= 15 is 0 Å². The monoisotopic (exact) mass is 348 g/mol. The minimum Gasteiger partial charge on any atom is -0.338 e. The Hall–Kier alpha value is -2.06. The van der Waals surface area contributed by atoms with Gasteiger partial charge in [0, 0.05) is 13.6 Å². The quantitative estimate of drug-likeness (QED) is 0.823. The third-order valence-electron chi connectivity index (χ3n) is 4.19. The lowest BCUT2D eigenvalue weighted by Gasteiger charge is -2.26. The molecular weight excluding hydrogens is 328 g/mol. The van der Waals surface area contributed by atoms with Crippen molar-refractivity contribution in [1.29, 1.82) is 0 Å². The number of sulfonamides is 1. The van der Waals surface area contributed by atoms with Crippen molar-refractivity contribution in [2.45, 2.75) is 25.4 Å². The van der Waals surface area contributed by atoms with Crippen LogP contribution in [0.2, 0.25) is 0 Å². The molecule has 1 amide bonds. The normalized spacial score (nSPS) is 18.8. The maximum absolute atomic E-state index is 12.6. The van der Waals surface area contributed by atoms with Gasteiger partial charge in [-0.25, -0.2) is 13.4 Å². The van der Waals surface area contributed by atoms with Crippen molar-refractivity contribution in [1.82, 2.24) is 19.2 Å². The molecule has 1 aliphatic heterocycles. The van der Waals surface area contributed by atoms with Crippen molar-refractivity contribution in [3.05, 3.63) is 36.2 Å². The number of amides is 1. The first-order valence-corrected chi connectivity index (χ1v) is 9.63. The number of aromatic nitrogens is 2. The molecule has 2 heterocycles. The van der Waals surface area contributed by atoms with E-state index in [2.05, 4.69) is 9.97 Å². The Labute approximate surface area is 141 Å². The topological polar surface area (TPSA) is 83.5 Å². The van der Waals surface area contributed by atoms with Crippen LogP contribution in [0.4, 0.5) is 0 Å². The molecule has 0 bridgehead atoms. The van der Waals surface area contributed by atoms with Gasteiger partial charge in [0.15, 0.2) is 0 Å². The maximum atomic E-state index is 12.6. The Kier molecular flexibility index (Phi) is 4.51. The molecule has 0 saturated carbocycles. The van der Waals surface area contributed by atoms with E-state index in [4.69, 9.17) is 0 Å². The zero-order valence-corrected chi connectivity index (χ0v) is 14.5. The summed E-state index contributed by atoms with van der Waals surface area (Å²) in [6.07, 6.45) is 4.05. The number of hydrogen-bond acceptors (Lipinski definition) is 5. The molecule has 0 spiro atoms. The molecule has 128 valence electrons. The van der Waals surface area contributed by atoms with Crippen LogP contribution in [-0.4, -0.2) is 59.4 Å². The van der Waals surface area contributed by atoms with Crippen molar-refractivity contribution in [3.8, 4) is 0 Å². The second-order valence-corrected chi connectivity index (χ2v) is 8.01. The fraction of sp³-hybridized carbons (Fsp3) is 0.438. The van der Waals surface area contributed by atoms with Crippen LogP contribution in [0.5, 0.6) is 0 Å². The Balaban J connectivity index is 1.75. The molecule has 3 rings (SSSR count). The average molecular weight is 348 g/mol. The number of hydrogen-bond donors (Lipinski definition) is 0. The van der Waals surface area contributed by atoms with Crippen molar-refractivity contribution in [3.63, 3.8) is 0 Å². The molecule has 1 fully saturated rings. The minimum absolute atomic E-state index is 0.201. The van der Waals surface area contributed by atoms with E-state index in [1.807, 2.05) is 24.3 Å². The second kappa shape index (κ2) is 6.45. The molecule has 1 saturated heterocycles. The molecule has 1 aromatic carbocycles. The number of benzene rings is 1. The standard InChI is InChI=1S/C16H20N4O3S/c1-19(16(21)15-8-5-9-20(15)24(2,22)23)11-12-10-17-13-6-3-4-7-14(13)18-12/h3-4,6-7,10,15H,5,8-9,11H2,1-2H3/t15-/m0/s1. The first kappa shape index (κ1) is 16.8. The predicted molar refractivity (Wildman–Crippen MR) is 90.6 cm³/mol. The van der Waals surface area contributed by atoms with Gasteiger partial charge in [-0.05, 0) is 25.0 Å². The summed E-state index contributed by atoms with van der Waals surface area (Å²) < 4.78 is 24.9. The van der Waals surface area contributed by atoms with Crippen molar-refractivity contribution >= 4 is 27.0 Å². The summed E-state index contributed by atoms with van der Waals surface area (Å²) in [5.74, 6) is -0.201. The molecule has 0 unspecified atom stereocenters. The van der Waals surface area contributed by atoms with Crippen LogP contribution >= 0.6 is 0 Å². The van der Waals surface area contributed by atoms with Crippen LogP contribution in [-0.2, 0) is 21.4 Å². The van der Waals surface area contributed by atoms with Crippen LogP contribution in [0.1, 0.15) is 18.5 Å². The smallest absolute Gasteiger partial charge is 0.241 e. The molecule has 24 heavy (non-hydrogen) atoms. The number of carbonyl (C=O) groups is 1. The highest BCUT2D eigenvalue weighted by atomic mass is 32.2. The van der Waals surface area contributed by atoms with Crippen LogP contribution < -0.4 is 0 Å². The highest BCUT2D eigenvalue weighted by Gasteiger charge is 2.37. The van der Waals surface area contributed by atoms with Gasteiger partial charge in [0.25, 0.3) is 0 Å². The van der Waals surface area contributed by atoms with Crippen LogP contribution in [0.25, 0.3) is 11.0 Å². The molecule has 1 aromatic heterocycles. The molecule has 2 aromatic rings. The zero-order valence-electron chi connectivity index (χ0n) is 13.7. The third-order valence-corrected chi connectivity index (χ3v) is 5.48. The highest BCUT2D eigenvalue weighted by molar-refractivity contribution is 7.88. The van der Waals surface area contributed by atoms with Crippen LogP contribution in [0, 0.1) is 0 Å². The van der Waals surface area contributed by atoms with E-state index in [-0.39, 0.29) is 5.91 Å². The Morgan fingerprint density at radius 3 is 2.75 bits per heavy atom. The molecule has 0 N–H and O–H groups in total. The van der Waals surface area contributed by atoms with E-state index in [1.54, 1.807) is 13.2 Å². The van der Waals surface area contributed by atoms with Gasteiger partial charge < -0.3 is 4.90 Å². The van der Waals surface area contributed by atoms with Gasteiger partial charge in [-0.15, -0.1) is 0 Å². The number of fused-ring (bicyclic) bond motifs is 1. The number of para-hydroxylation sites is 2. The average Bonchev–Trinajstić information content (AvgIpc) is 3.04. The van der Waals surface area contributed by atoms with E-state index in [0.717, 1.165) is 17.3 Å². The summed E-state index contributed by atoms with van der Waals surface area (Å²) in [4.78, 5) is 23.0. The van der Waals surface area contributed by atoms with E-state index in [0.29, 0.717) is 31.6 Å². The number of carbonyl (C=O) groups excluding carboxylic acids is 1. The van der Waals surface area contributed by atoms with Gasteiger partial charge in [0.1, 0.15) is 6.04 Å². The summed E-state index contributed by atoms with van der Waals surface area (Å²) in [6, 6.07) is 6.92. The van der Waals surface area contributed by atoms with Crippen molar-refractivity contribution < 1.29 is 13.2 Å². The Morgan fingerprint density at radius 1 is 1.33 bits per heavy atom. The van der Waals surface area contributed by atoms with Crippen molar-refractivity contribution in [2.75, 3.05) is 19.8 Å². The Morgan fingerprint density at radius 2 is 2.04 bits per heavy atom. The molecule has 1 atom stereocenters. The van der Waals surface area contributed by atoms with Gasteiger partial charge in [0.2, 0.25) is 15.9 Å². The van der Waals surface area contributed by atoms with Gasteiger partial charge in [0.05, 0.1) is 35.7 Å². The SMILES string of the molecule is CN(Cc1cnc2ccccc2n1)C(=O)[C@@H]1CCCN1S(C)(=O)=O. The second-order valence-electron chi connectivity index (χ2n) is 6.08. The largest absolute Gasteiger partial charge is 0.338 e. The number of likely N-dealkylation sites (N-methyl/N-ethyl adjacent to an activating group) is 1. The maximum Gasteiger partial charge on any atom is 0.241 e. The van der Waals surface area contributed by atoms with E-state index < -0.39 is 16.1 Å². The minimum atomic E-state index is -3.37. The molecule has 7 nitrogen and oxygen atoms in total. The number of rotatable bonds is 4. The van der Waals surface area contributed by atoms with Gasteiger partial charge in [-0.3, -0.25) is 9.78 Å². The lowest BCUT2D eigenvalue weighted by Crippen LogP contribution is -2.46. The summed E-state index contributed by atoms with van der Waals surface area (Å²) >= 11 is 0. The predicted octanol–water partition coefficient (Wildman–Crippen LogP) is 1.01. The Bertz CT molecular complexity index is 869. The zero-order chi connectivity index (χ0) is 17.3. The first-order valence-electron chi connectivity index (χ1n) is 7.79. The van der Waals surface area contributed by atoms with Crippen LogP contribution in [0.3, 0.4) is 0 Å². The lowest BCUT2D eigenvalue weighted by atomic mass is 10.2. The van der Waals surface area contributed by atoms with Crippen molar-refractivity contribution in [2.24, 2.45) is 0 Å². The fourth-order valence-electron chi connectivity index (χ4n) is 3.03. The fourth-order valence-corrected chi connectivity index (χ4v) is 4.15. The first-order chi connectivity index (χ1) is 11.4. The van der Waals surface area contributed by atoms with Crippen LogP contribution in [0.15, 0.2) is 30.5 Å². The van der Waals surface area contributed by atoms with E-state index in [1.165, 1.54) is 9.21 Å². The number of nitrogens with zero attached hydrogens (tertiary/aromatic N) is 4. The summed E-state index contributed by atoms with van der Waals surface area (Å²) in [6.45, 7) is 0.698. The molecule has 1 aliphatic rings. The van der Waals surface area contributed by atoms with Gasteiger partial charge >= 0.3 is 0 Å². The van der Waals surface area contributed by atoms with Gasteiger partial charge in [-0.2, -0.15) is 4.31 Å². The molecular formula is C16H20N4O3S. The summed E-state index contributed by atoms with van der Waals surface area (Å²) in [5.41, 5.74) is 2.25. The highest BCUT2D eigenvalue weighted by Crippen LogP contribution is 2.22. The van der Waals surface area contributed by atoms with Gasteiger partial charge in [-0.1, -0.05) is 12.1 Å². The van der Waals surface area contributed by atoms with E-state index in [9.17, 15) is 13.2 Å². The molecule has 0 aliphatic carbocycles. The third kappa shape index (κ3) is 3.39. The molecule has 8 heteroatoms. The lowest BCUT2D eigenvalue weighted by molar-refractivity contribution is -0.133.